The molecule has 0 amide bonds. The zero-order chi connectivity index (χ0) is 8.81. The van der Waals surface area contributed by atoms with Crippen LogP contribution in [0.5, 0.6) is 0 Å². The second-order valence-electron chi connectivity index (χ2n) is 2.77. The fraction of sp³-hybridized carbons (Fsp3) is 0.556. The standard InChI is InChI=1S/C9H14O2S/c1-8(2-4-10)12-7-9-3-5-11-6-9/h3,5-6,8,10H,2,4,7H2,1H3. The summed E-state index contributed by atoms with van der Waals surface area (Å²) in [6.07, 6.45) is 4.31. The highest BCUT2D eigenvalue weighted by Crippen LogP contribution is 2.19. The molecule has 1 N–H and O–H groups in total. The van der Waals surface area contributed by atoms with Crippen molar-refractivity contribution in [3.8, 4) is 0 Å². The van der Waals surface area contributed by atoms with Crippen molar-refractivity contribution >= 4 is 11.8 Å². The number of furan rings is 1. The van der Waals surface area contributed by atoms with E-state index in [4.69, 9.17) is 9.52 Å². The smallest absolute Gasteiger partial charge is 0.0942 e. The van der Waals surface area contributed by atoms with Gasteiger partial charge in [0.15, 0.2) is 0 Å². The van der Waals surface area contributed by atoms with E-state index < -0.39 is 0 Å². The van der Waals surface area contributed by atoms with Gasteiger partial charge >= 0.3 is 0 Å². The summed E-state index contributed by atoms with van der Waals surface area (Å²) in [5.74, 6) is 0.970. The highest BCUT2D eigenvalue weighted by atomic mass is 32.2. The van der Waals surface area contributed by atoms with Crippen molar-refractivity contribution in [3.05, 3.63) is 24.2 Å². The SMILES string of the molecule is CC(CCO)SCc1ccoc1. The monoisotopic (exact) mass is 186 g/mol. The van der Waals surface area contributed by atoms with Crippen LogP contribution in [0.3, 0.4) is 0 Å². The van der Waals surface area contributed by atoms with E-state index in [1.54, 1.807) is 12.5 Å². The van der Waals surface area contributed by atoms with E-state index in [1.165, 1.54) is 5.56 Å². The molecule has 1 heterocycles. The van der Waals surface area contributed by atoms with E-state index in [0.717, 1.165) is 12.2 Å². The van der Waals surface area contributed by atoms with Crippen molar-refractivity contribution in [2.45, 2.75) is 24.3 Å². The van der Waals surface area contributed by atoms with Crippen molar-refractivity contribution in [1.29, 1.82) is 0 Å². The Balaban J connectivity index is 2.17. The van der Waals surface area contributed by atoms with Gasteiger partial charge in [0, 0.05) is 23.2 Å². The summed E-state index contributed by atoms with van der Waals surface area (Å²) in [6.45, 7) is 2.40. The molecule has 1 rings (SSSR count). The summed E-state index contributed by atoms with van der Waals surface area (Å²) >= 11 is 1.84. The third-order valence-corrected chi connectivity index (χ3v) is 2.95. The van der Waals surface area contributed by atoms with Crippen molar-refractivity contribution in [2.75, 3.05) is 6.61 Å². The Bertz CT molecular complexity index is 196. The van der Waals surface area contributed by atoms with Crippen LogP contribution in [0.1, 0.15) is 18.9 Å². The van der Waals surface area contributed by atoms with Crippen molar-refractivity contribution in [2.24, 2.45) is 0 Å². The Morgan fingerprint density at radius 2 is 2.50 bits per heavy atom. The predicted octanol–water partition coefficient (Wildman–Crippen LogP) is 2.28. The van der Waals surface area contributed by atoms with Gasteiger partial charge in [0.1, 0.15) is 0 Å². The molecule has 0 spiro atoms. The minimum Gasteiger partial charge on any atom is -0.472 e. The lowest BCUT2D eigenvalue weighted by molar-refractivity contribution is 0.289. The molecule has 0 aliphatic carbocycles. The minimum atomic E-state index is 0.277. The van der Waals surface area contributed by atoms with Gasteiger partial charge in [0.05, 0.1) is 12.5 Å². The molecule has 1 aromatic rings. The van der Waals surface area contributed by atoms with Crippen LogP contribution in [-0.2, 0) is 5.75 Å². The molecule has 0 bridgehead atoms. The molecule has 0 saturated carbocycles. The molecule has 1 unspecified atom stereocenters. The third-order valence-electron chi connectivity index (χ3n) is 1.65. The average molecular weight is 186 g/mol. The average Bonchev–Trinajstić information content (AvgIpc) is 2.53. The molecule has 1 atom stereocenters. The summed E-state index contributed by atoms with van der Waals surface area (Å²) in [4.78, 5) is 0. The number of aliphatic hydroxyl groups excluding tert-OH is 1. The molecular formula is C9H14O2S. The second-order valence-corrected chi connectivity index (χ2v) is 4.19. The molecule has 0 radical (unpaired) electrons. The lowest BCUT2D eigenvalue weighted by Gasteiger charge is -2.07. The molecule has 0 aliphatic rings. The summed E-state index contributed by atoms with van der Waals surface area (Å²) in [5, 5.41) is 9.18. The topological polar surface area (TPSA) is 33.4 Å². The van der Waals surface area contributed by atoms with E-state index in [0.29, 0.717) is 5.25 Å². The number of aliphatic hydroxyl groups is 1. The maximum absolute atomic E-state index is 8.66. The second kappa shape index (κ2) is 5.27. The van der Waals surface area contributed by atoms with E-state index in [1.807, 2.05) is 17.8 Å². The fourth-order valence-electron chi connectivity index (χ4n) is 0.878. The highest BCUT2D eigenvalue weighted by molar-refractivity contribution is 7.99. The van der Waals surface area contributed by atoms with Gasteiger partial charge in [-0.05, 0) is 12.5 Å². The first-order valence-corrected chi connectivity index (χ1v) is 5.11. The Kier molecular flexibility index (Phi) is 4.25. The predicted molar refractivity (Wildman–Crippen MR) is 51.2 cm³/mol. The van der Waals surface area contributed by atoms with Crippen LogP contribution >= 0.6 is 11.8 Å². The highest BCUT2D eigenvalue weighted by Gasteiger charge is 2.02. The van der Waals surface area contributed by atoms with E-state index in [-0.39, 0.29) is 6.61 Å². The molecule has 68 valence electrons. The van der Waals surface area contributed by atoms with Gasteiger partial charge in [0.25, 0.3) is 0 Å². The number of thioether (sulfide) groups is 1. The normalized spacial score (nSPS) is 13.2. The maximum atomic E-state index is 8.66. The van der Waals surface area contributed by atoms with Crippen LogP contribution in [0.2, 0.25) is 0 Å². The van der Waals surface area contributed by atoms with Crippen molar-refractivity contribution in [1.82, 2.24) is 0 Å². The minimum absolute atomic E-state index is 0.277. The van der Waals surface area contributed by atoms with Gasteiger partial charge in [-0.15, -0.1) is 0 Å². The Morgan fingerprint density at radius 1 is 1.67 bits per heavy atom. The summed E-state index contributed by atoms with van der Waals surface area (Å²) in [7, 11) is 0. The molecule has 2 nitrogen and oxygen atoms in total. The van der Waals surface area contributed by atoms with E-state index >= 15 is 0 Å². The van der Waals surface area contributed by atoms with Crippen LogP contribution in [0, 0.1) is 0 Å². The zero-order valence-corrected chi connectivity index (χ0v) is 8.01. The zero-order valence-electron chi connectivity index (χ0n) is 7.19. The largest absolute Gasteiger partial charge is 0.472 e. The lowest BCUT2D eigenvalue weighted by Crippen LogP contribution is -1.99. The van der Waals surface area contributed by atoms with Crippen LogP contribution < -0.4 is 0 Å². The molecule has 0 fully saturated rings. The van der Waals surface area contributed by atoms with Crippen LogP contribution in [0.4, 0.5) is 0 Å². The Labute approximate surface area is 77.0 Å². The molecule has 1 aromatic heterocycles. The van der Waals surface area contributed by atoms with E-state index in [9.17, 15) is 0 Å². The van der Waals surface area contributed by atoms with Crippen LogP contribution in [-0.4, -0.2) is 17.0 Å². The summed E-state index contributed by atoms with van der Waals surface area (Å²) < 4.78 is 4.94. The first kappa shape index (κ1) is 9.68. The van der Waals surface area contributed by atoms with Gasteiger partial charge in [-0.3, -0.25) is 0 Å². The molecular weight excluding hydrogens is 172 g/mol. The first-order valence-electron chi connectivity index (χ1n) is 4.06. The molecule has 3 heteroatoms. The summed E-state index contributed by atoms with van der Waals surface area (Å²) in [5.41, 5.74) is 1.21. The summed E-state index contributed by atoms with van der Waals surface area (Å²) in [6, 6.07) is 1.97. The van der Waals surface area contributed by atoms with Gasteiger partial charge in [-0.1, -0.05) is 6.92 Å². The number of rotatable bonds is 5. The number of hydrogen-bond donors (Lipinski definition) is 1. The maximum Gasteiger partial charge on any atom is 0.0942 e. The first-order chi connectivity index (χ1) is 5.83. The Hall–Kier alpha value is -0.410. The number of hydrogen-bond acceptors (Lipinski definition) is 3. The van der Waals surface area contributed by atoms with Crippen LogP contribution in [0.15, 0.2) is 23.0 Å². The fourth-order valence-corrected chi connectivity index (χ4v) is 1.79. The molecule has 0 aromatic carbocycles. The van der Waals surface area contributed by atoms with Crippen molar-refractivity contribution < 1.29 is 9.52 Å². The lowest BCUT2D eigenvalue weighted by atomic mass is 10.3. The van der Waals surface area contributed by atoms with Crippen LogP contribution in [0.25, 0.3) is 0 Å². The quantitative estimate of drug-likeness (QED) is 0.766. The Morgan fingerprint density at radius 3 is 3.08 bits per heavy atom. The van der Waals surface area contributed by atoms with Crippen molar-refractivity contribution in [3.63, 3.8) is 0 Å². The molecule has 0 aliphatic heterocycles. The van der Waals surface area contributed by atoms with Gasteiger partial charge in [0.2, 0.25) is 0 Å². The molecule has 0 saturated heterocycles. The van der Waals surface area contributed by atoms with Gasteiger partial charge in [-0.25, -0.2) is 0 Å². The van der Waals surface area contributed by atoms with E-state index in [2.05, 4.69) is 6.92 Å². The molecule has 12 heavy (non-hydrogen) atoms. The third kappa shape index (κ3) is 3.32. The van der Waals surface area contributed by atoms with Gasteiger partial charge in [-0.2, -0.15) is 11.8 Å². The van der Waals surface area contributed by atoms with Gasteiger partial charge < -0.3 is 9.52 Å².